The van der Waals surface area contributed by atoms with Crippen LogP contribution in [0, 0.1) is 5.41 Å². The summed E-state index contributed by atoms with van der Waals surface area (Å²) in [5.41, 5.74) is -0.289. The van der Waals surface area contributed by atoms with Crippen LogP contribution in [-0.2, 0) is 9.59 Å². The third-order valence-corrected chi connectivity index (χ3v) is 3.59. The summed E-state index contributed by atoms with van der Waals surface area (Å²) in [6, 6.07) is -0.188. The second-order valence-corrected chi connectivity index (χ2v) is 6.42. The Morgan fingerprint density at radius 2 is 2.00 bits per heavy atom. The molecule has 5 nitrogen and oxygen atoms in total. The van der Waals surface area contributed by atoms with Gasteiger partial charge >= 0.3 is 0 Å². The molecular weight excluding hydrogens is 242 g/mol. The number of likely N-dealkylation sites (N-methyl/N-ethyl adjacent to an activating group) is 1. The van der Waals surface area contributed by atoms with Gasteiger partial charge in [0.2, 0.25) is 11.8 Å². The van der Waals surface area contributed by atoms with Crippen LogP contribution in [0.5, 0.6) is 0 Å². The van der Waals surface area contributed by atoms with Gasteiger partial charge in [0.25, 0.3) is 0 Å². The van der Waals surface area contributed by atoms with E-state index in [2.05, 4.69) is 17.6 Å². The lowest BCUT2D eigenvalue weighted by molar-refractivity contribution is -0.139. The van der Waals surface area contributed by atoms with E-state index in [1.807, 2.05) is 25.7 Å². The lowest BCUT2D eigenvalue weighted by Crippen LogP contribution is -2.56. The molecule has 0 radical (unpaired) electrons. The molecule has 0 aromatic rings. The summed E-state index contributed by atoms with van der Waals surface area (Å²) in [7, 11) is 1.72. The molecule has 0 aliphatic carbocycles. The number of likely N-dealkylation sites (tertiary alicyclic amines) is 1. The maximum absolute atomic E-state index is 12.6. The summed E-state index contributed by atoms with van der Waals surface area (Å²) >= 11 is 0. The molecule has 2 unspecified atom stereocenters. The second-order valence-electron chi connectivity index (χ2n) is 6.42. The molecule has 2 amide bonds. The van der Waals surface area contributed by atoms with Crippen molar-refractivity contribution >= 4 is 11.8 Å². The minimum absolute atomic E-state index is 0.0435. The Balaban J connectivity index is 2.79. The lowest BCUT2D eigenvalue weighted by Gasteiger charge is -2.35. The first-order chi connectivity index (χ1) is 8.77. The van der Waals surface area contributed by atoms with Crippen LogP contribution in [0.25, 0.3) is 0 Å². The lowest BCUT2D eigenvalue weighted by atomic mass is 9.85. The van der Waals surface area contributed by atoms with E-state index in [0.29, 0.717) is 0 Å². The molecule has 2 atom stereocenters. The molecule has 19 heavy (non-hydrogen) atoms. The highest BCUT2D eigenvalue weighted by Gasteiger charge is 2.38. The molecule has 0 saturated carbocycles. The van der Waals surface area contributed by atoms with Crippen molar-refractivity contribution in [3.63, 3.8) is 0 Å². The predicted molar refractivity (Wildman–Crippen MR) is 75.7 cm³/mol. The van der Waals surface area contributed by atoms with Crippen molar-refractivity contribution < 1.29 is 9.59 Å². The highest BCUT2D eigenvalue weighted by Crippen LogP contribution is 2.25. The number of carbonyl (C=O) groups is 2. The zero-order valence-corrected chi connectivity index (χ0v) is 12.7. The smallest absolute Gasteiger partial charge is 0.245 e. The van der Waals surface area contributed by atoms with Gasteiger partial charge in [0.05, 0.1) is 6.54 Å². The molecule has 1 aliphatic rings. The van der Waals surface area contributed by atoms with E-state index in [4.69, 9.17) is 0 Å². The highest BCUT2D eigenvalue weighted by molar-refractivity contribution is 5.89. The first-order valence-corrected chi connectivity index (χ1v) is 7.02. The molecule has 1 aliphatic heterocycles. The van der Waals surface area contributed by atoms with E-state index in [1.54, 1.807) is 7.05 Å². The zero-order valence-electron chi connectivity index (χ0n) is 12.7. The highest BCUT2D eigenvalue weighted by atomic mass is 16.2. The summed E-state index contributed by atoms with van der Waals surface area (Å²) in [6.45, 7) is 9.05. The Hall–Kier alpha value is -1.10. The van der Waals surface area contributed by atoms with Crippen molar-refractivity contribution in [2.24, 2.45) is 5.41 Å². The van der Waals surface area contributed by atoms with Crippen LogP contribution in [0.3, 0.4) is 0 Å². The predicted octanol–water partition coefficient (Wildman–Crippen LogP) is 0.748. The Bertz CT molecular complexity index is 336. The third kappa shape index (κ3) is 4.20. The van der Waals surface area contributed by atoms with Gasteiger partial charge in [-0.05, 0) is 32.2 Å². The molecule has 0 bridgehead atoms. The van der Waals surface area contributed by atoms with Crippen LogP contribution in [0.2, 0.25) is 0 Å². The minimum Gasteiger partial charge on any atom is -0.343 e. The zero-order chi connectivity index (χ0) is 14.6. The van der Waals surface area contributed by atoms with Gasteiger partial charge in [-0.3, -0.25) is 9.59 Å². The van der Waals surface area contributed by atoms with E-state index in [9.17, 15) is 9.59 Å². The molecular formula is C14H27N3O2. The van der Waals surface area contributed by atoms with Gasteiger partial charge < -0.3 is 15.5 Å². The molecule has 5 heteroatoms. The Kier molecular flexibility index (Phi) is 5.35. The van der Waals surface area contributed by atoms with E-state index in [0.717, 1.165) is 19.4 Å². The number of nitrogens with one attached hydrogen (secondary N) is 2. The van der Waals surface area contributed by atoms with Crippen molar-refractivity contribution in [1.29, 1.82) is 0 Å². The van der Waals surface area contributed by atoms with Crippen LogP contribution in [0.4, 0.5) is 0 Å². The summed E-state index contributed by atoms with van der Waals surface area (Å²) in [4.78, 5) is 26.3. The Labute approximate surface area is 116 Å². The Morgan fingerprint density at radius 3 is 2.42 bits per heavy atom. The Morgan fingerprint density at radius 1 is 1.37 bits per heavy atom. The van der Waals surface area contributed by atoms with E-state index >= 15 is 0 Å². The summed E-state index contributed by atoms with van der Waals surface area (Å²) in [6.07, 6.45) is 2.10. The van der Waals surface area contributed by atoms with E-state index < -0.39 is 6.04 Å². The van der Waals surface area contributed by atoms with Gasteiger partial charge in [-0.15, -0.1) is 0 Å². The average Bonchev–Trinajstić information content (AvgIpc) is 2.70. The van der Waals surface area contributed by atoms with Crippen LogP contribution in [0.15, 0.2) is 0 Å². The number of rotatable bonds is 4. The van der Waals surface area contributed by atoms with Crippen LogP contribution in [-0.4, -0.2) is 48.9 Å². The molecule has 0 spiro atoms. The minimum atomic E-state index is -0.464. The molecule has 2 N–H and O–H groups in total. The van der Waals surface area contributed by atoms with E-state index in [-0.39, 0.29) is 29.8 Å². The van der Waals surface area contributed by atoms with Gasteiger partial charge in [-0.25, -0.2) is 0 Å². The van der Waals surface area contributed by atoms with Crippen molar-refractivity contribution in [1.82, 2.24) is 15.5 Å². The number of carbonyl (C=O) groups excluding carboxylic acids is 2. The SMILES string of the molecule is CNCC(=O)NC(C(=O)N1CCCC1C)C(C)(C)C. The van der Waals surface area contributed by atoms with Gasteiger partial charge in [-0.2, -0.15) is 0 Å². The van der Waals surface area contributed by atoms with Crippen molar-refractivity contribution in [2.45, 2.75) is 52.6 Å². The quantitative estimate of drug-likeness (QED) is 0.791. The van der Waals surface area contributed by atoms with Crippen molar-refractivity contribution in [3.05, 3.63) is 0 Å². The summed E-state index contributed by atoms with van der Waals surface area (Å²) < 4.78 is 0. The second kappa shape index (κ2) is 6.37. The molecule has 1 saturated heterocycles. The number of hydrogen-bond acceptors (Lipinski definition) is 3. The van der Waals surface area contributed by atoms with Gasteiger partial charge in [0, 0.05) is 12.6 Å². The van der Waals surface area contributed by atoms with Crippen LogP contribution < -0.4 is 10.6 Å². The molecule has 110 valence electrons. The molecule has 0 aromatic carbocycles. The molecule has 1 heterocycles. The fraction of sp³-hybridized carbons (Fsp3) is 0.857. The number of nitrogens with zero attached hydrogens (tertiary/aromatic N) is 1. The van der Waals surface area contributed by atoms with Gasteiger partial charge in [0.15, 0.2) is 0 Å². The van der Waals surface area contributed by atoms with Crippen molar-refractivity contribution in [3.8, 4) is 0 Å². The molecule has 0 aromatic heterocycles. The first kappa shape index (κ1) is 16.0. The maximum atomic E-state index is 12.6. The van der Waals surface area contributed by atoms with Crippen LogP contribution >= 0.6 is 0 Å². The number of hydrogen-bond donors (Lipinski definition) is 2. The maximum Gasteiger partial charge on any atom is 0.245 e. The fourth-order valence-corrected chi connectivity index (χ4v) is 2.45. The average molecular weight is 269 g/mol. The molecule has 1 rings (SSSR count). The molecule has 1 fully saturated rings. The van der Waals surface area contributed by atoms with Crippen molar-refractivity contribution in [2.75, 3.05) is 20.1 Å². The normalized spacial score (nSPS) is 21.3. The van der Waals surface area contributed by atoms with E-state index in [1.165, 1.54) is 0 Å². The van der Waals surface area contributed by atoms with Gasteiger partial charge in [0.1, 0.15) is 6.04 Å². The topological polar surface area (TPSA) is 61.4 Å². The third-order valence-electron chi connectivity index (χ3n) is 3.59. The first-order valence-electron chi connectivity index (χ1n) is 7.02. The monoisotopic (exact) mass is 269 g/mol. The largest absolute Gasteiger partial charge is 0.343 e. The standard InChI is InChI=1S/C14H27N3O2/c1-10-7-6-8-17(10)13(19)12(14(2,3)4)16-11(18)9-15-5/h10,12,15H,6-9H2,1-5H3,(H,16,18). The summed E-state index contributed by atoms with van der Waals surface area (Å²) in [5, 5.41) is 5.67. The number of amides is 2. The van der Waals surface area contributed by atoms with Crippen LogP contribution in [0.1, 0.15) is 40.5 Å². The summed E-state index contributed by atoms with van der Waals surface area (Å²) in [5.74, 6) is -0.0930. The fourth-order valence-electron chi connectivity index (χ4n) is 2.45. The van der Waals surface area contributed by atoms with Gasteiger partial charge in [-0.1, -0.05) is 20.8 Å².